The number of carbonyl (C=O) groups is 2. The van der Waals surface area contributed by atoms with E-state index >= 15 is 0 Å². The van der Waals surface area contributed by atoms with Crippen LogP contribution in [0.5, 0.6) is 0 Å². The predicted molar refractivity (Wildman–Crippen MR) is 61.5 cm³/mol. The molecule has 0 saturated heterocycles. The number of ether oxygens (including phenoxy) is 1. The minimum atomic E-state index is -0.201. The summed E-state index contributed by atoms with van der Waals surface area (Å²) in [4.78, 5) is 21.8. The van der Waals surface area contributed by atoms with Crippen molar-refractivity contribution in [2.24, 2.45) is 0 Å². The molecule has 0 unspecified atom stereocenters. The monoisotopic (exact) mass is 221 g/mol. The number of aldehydes is 1. The van der Waals surface area contributed by atoms with Crippen LogP contribution >= 0.6 is 0 Å². The molecule has 1 amide bonds. The highest BCUT2D eigenvalue weighted by molar-refractivity contribution is 5.92. The van der Waals surface area contributed by atoms with Crippen molar-refractivity contribution in [3.05, 3.63) is 29.8 Å². The Hall–Kier alpha value is -1.68. The Bertz CT molecular complexity index is 357. The lowest BCUT2D eigenvalue weighted by Gasteiger charge is -2.08. The number of amides is 1. The second-order valence-electron chi connectivity index (χ2n) is 3.65. The summed E-state index contributed by atoms with van der Waals surface area (Å²) in [5.41, 5.74) is 1.24. The molecule has 0 atom stereocenters. The van der Waals surface area contributed by atoms with Crippen molar-refractivity contribution in [2.75, 3.05) is 11.9 Å². The summed E-state index contributed by atoms with van der Waals surface area (Å²) in [6, 6.07) is 6.64. The maximum absolute atomic E-state index is 11.4. The summed E-state index contributed by atoms with van der Waals surface area (Å²) in [5.74, 6) is -0.201. The van der Waals surface area contributed by atoms with Gasteiger partial charge in [-0.25, -0.2) is 0 Å². The minimum absolute atomic E-state index is 0.0307. The lowest BCUT2D eigenvalue weighted by molar-refractivity contribution is -0.121. The molecule has 0 spiro atoms. The first-order valence-electron chi connectivity index (χ1n) is 5.08. The van der Waals surface area contributed by atoms with Crippen LogP contribution in [0.3, 0.4) is 0 Å². The van der Waals surface area contributed by atoms with Gasteiger partial charge in [-0.1, -0.05) is 0 Å². The molecule has 0 radical (unpaired) electrons. The fraction of sp³-hybridized carbons (Fsp3) is 0.333. The fourth-order valence-electron chi connectivity index (χ4n) is 1.08. The quantitative estimate of drug-likeness (QED) is 0.772. The molecule has 4 heteroatoms. The fourth-order valence-corrected chi connectivity index (χ4v) is 1.08. The summed E-state index contributed by atoms with van der Waals surface area (Å²) in [6.07, 6.45) is 0.788. The van der Waals surface area contributed by atoms with Crippen LogP contribution < -0.4 is 5.32 Å². The topological polar surface area (TPSA) is 55.4 Å². The van der Waals surface area contributed by atoms with E-state index in [4.69, 9.17) is 4.74 Å². The second-order valence-corrected chi connectivity index (χ2v) is 3.65. The maximum Gasteiger partial charge on any atom is 0.250 e. The van der Waals surface area contributed by atoms with Gasteiger partial charge in [-0.2, -0.15) is 0 Å². The van der Waals surface area contributed by atoms with Crippen LogP contribution in [-0.2, 0) is 9.53 Å². The summed E-state index contributed by atoms with van der Waals surface area (Å²) in [5, 5.41) is 2.67. The molecule has 16 heavy (non-hydrogen) atoms. The average molecular weight is 221 g/mol. The molecule has 4 nitrogen and oxygen atoms in total. The van der Waals surface area contributed by atoms with Gasteiger partial charge in [0.15, 0.2) is 0 Å². The maximum atomic E-state index is 11.4. The smallest absolute Gasteiger partial charge is 0.250 e. The van der Waals surface area contributed by atoms with Crippen LogP contribution in [-0.4, -0.2) is 24.9 Å². The summed E-state index contributed by atoms with van der Waals surface area (Å²) >= 11 is 0. The van der Waals surface area contributed by atoms with Crippen LogP contribution in [0.1, 0.15) is 24.2 Å². The molecule has 0 aliphatic carbocycles. The standard InChI is InChI=1S/C12H15NO3/c1-9(2)16-8-12(15)13-11-5-3-10(7-14)4-6-11/h3-7,9H,8H2,1-2H3,(H,13,15). The second kappa shape index (κ2) is 6.02. The van der Waals surface area contributed by atoms with Gasteiger partial charge in [0.05, 0.1) is 6.10 Å². The molecule has 0 heterocycles. The van der Waals surface area contributed by atoms with Gasteiger partial charge in [0.25, 0.3) is 0 Å². The summed E-state index contributed by atoms with van der Waals surface area (Å²) < 4.78 is 5.15. The Morgan fingerprint density at radius 2 is 2.00 bits per heavy atom. The molecule has 86 valence electrons. The highest BCUT2D eigenvalue weighted by atomic mass is 16.5. The van der Waals surface area contributed by atoms with Crippen molar-refractivity contribution in [3.8, 4) is 0 Å². The SMILES string of the molecule is CC(C)OCC(=O)Nc1ccc(C=O)cc1. The first-order chi connectivity index (χ1) is 7.61. The molecule has 1 aromatic carbocycles. The van der Waals surface area contributed by atoms with Crippen molar-refractivity contribution in [1.29, 1.82) is 0 Å². The van der Waals surface area contributed by atoms with Gasteiger partial charge in [-0.15, -0.1) is 0 Å². The third-order valence-electron chi connectivity index (χ3n) is 1.88. The first kappa shape index (κ1) is 12.4. The van der Waals surface area contributed by atoms with Gasteiger partial charge in [0.2, 0.25) is 5.91 Å². The van der Waals surface area contributed by atoms with Crippen LogP contribution in [0.15, 0.2) is 24.3 Å². The predicted octanol–water partition coefficient (Wildman–Crippen LogP) is 1.86. The van der Waals surface area contributed by atoms with Crippen molar-refractivity contribution in [3.63, 3.8) is 0 Å². The van der Waals surface area contributed by atoms with Gasteiger partial charge >= 0.3 is 0 Å². The lowest BCUT2D eigenvalue weighted by Crippen LogP contribution is -2.20. The Balaban J connectivity index is 2.46. The molecule has 0 aliphatic heterocycles. The number of rotatable bonds is 5. The van der Waals surface area contributed by atoms with E-state index in [0.717, 1.165) is 6.29 Å². The van der Waals surface area contributed by atoms with Gasteiger partial charge in [-0.05, 0) is 38.1 Å². The molecule has 0 bridgehead atoms. The van der Waals surface area contributed by atoms with Crippen molar-refractivity contribution >= 4 is 17.9 Å². The highest BCUT2D eigenvalue weighted by Gasteiger charge is 2.03. The van der Waals surface area contributed by atoms with Crippen LogP contribution in [0.4, 0.5) is 5.69 Å². The molecular formula is C12H15NO3. The average Bonchev–Trinajstić information content (AvgIpc) is 2.27. The normalized spacial score (nSPS) is 10.2. The zero-order valence-electron chi connectivity index (χ0n) is 9.40. The molecule has 0 saturated carbocycles. The van der Waals surface area contributed by atoms with Gasteiger partial charge in [-0.3, -0.25) is 9.59 Å². The van der Waals surface area contributed by atoms with E-state index in [-0.39, 0.29) is 18.6 Å². The molecule has 1 rings (SSSR count). The number of nitrogens with one attached hydrogen (secondary N) is 1. The van der Waals surface area contributed by atoms with Crippen LogP contribution in [0.25, 0.3) is 0 Å². The van der Waals surface area contributed by atoms with E-state index in [2.05, 4.69) is 5.32 Å². The van der Waals surface area contributed by atoms with Gasteiger partial charge in [0, 0.05) is 11.3 Å². The van der Waals surface area contributed by atoms with Crippen molar-refractivity contribution < 1.29 is 14.3 Å². The molecule has 0 fully saturated rings. The largest absolute Gasteiger partial charge is 0.369 e. The van der Waals surface area contributed by atoms with E-state index in [9.17, 15) is 9.59 Å². The van der Waals surface area contributed by atoms with Crippen LogP contribution in [0, 0.1) is 0 Å². The number of benzene rings is 1. The molecular weight excluding hydrogens is 206 g/mol. The molecule has 0 aliphatic rings. The number of anilines is 1. The van der Waals surface area contributed by atoms with E-state index in [0.29, 0.717) is 11.3 Å². The van der Waals surface area contributed by atoms with Gasteiger partial charge in [0.1, 0.15) is 12.9 Å². The Morgan fingerprint density at radius 1 is 1.38 bits per heavy atom. The summed E-state index contributed by atoms with van der Waals surface area (Å²) in [6.45, 7) is 3.77. The molecule has 0 aromatic heterocycles. The van der Waals surface area contributed by atoms with E-state index in [1.54, 1.807) is 24.3 Å². The zero-order valence-corrected chi connectivity index (χ0v) is 9.40. The zero-order chi connectivity index (χ0) is 12.0. The Kier molecular flexibility index (Phi) is 4.66. The van der Waals surface area contributed by atoms with Crippen molar-refractivity contribution in [2.45, 2.75) is 20.0 Å². The van der Waals surface area contributed by atoms with Crippen LogP contribution in [0.2, 0.25) is 0 Å². The lowest BCUT2D eigenvalue weighted by atomic mass is 10.2. The Labute approximate surface area is 94.6 Å². The number of carbonyl (C=O) groups excluding carboxylic acids is 2. The van der Waals surface area contributed by atoms with Crippen molar-refractivity contribution in [1.82, 2.24) is 0 Å². The molecule has 1 N–H and O–H groups in total. The van der Waals surface area contributed by atoms with E-state index in [1.807, 2.05) is 13.8 Å². The highest BCUT2D eigenvalue weighted by Crippen LogP contribution is 2.07. The van der Waals surface area contributed by atoms with E-state index in [1.165, 1.54) is 0 Å². The number of hydrogen-bond donors (Lipinski definition) is 1. The first-order valence-corrected chi connectivity index (χ1v) is 5.08. The van der Waals surface area contributed by atoms with Gasteiger partial charge < -0.3 is 10.1 Å². The van der Waals surface area contributed by atoms with E-state index < -0.39 is 0 Å². The molecule has 1 aromatic rings. The Morgan fingerprint density at radius 3 is 2.50 bits per heavy atom. The number of hydrogen-bond acceptors (Lipinski definition) is 3. The summed E-state index contributed by atoms with van der Waals surface area (Å²) in [7, 11) is 0. The minimum Gasteiger partial charge on any atom is -0.369 e. The third-order valence-corrected chi connectivity index (χ3v) is 1.88. The third kappa shape index (κ3) is 4.23.